The van der Waals surface area contributed by atoms with E-state index in [0.717, 1.165) is 17.2 Å². The van der Waals surface area contributed by atoms with Crippen LogP contribution in [0.25, 0.3) is 0 Å². The Hall–Kier alpha value is -0.570. The quantitative estimate of drug-likeness (QED) is 0.588. The molecule has 15 heavy (non-hydrogen) atoms. The van der Waals surface area contributed by atoms with Gasteiger partial charge in [-0.15, -0.1) is 0 Å². The van der Waals surface area contributed by atoms with Crippen LogP contribution in [0.5, 0.6) is 0 Å². The lowest BCUT2D eigenvalue weighted by Crippen LogP contribution is -2.44. The molecule has 0 unspecified atom stereocenters. The predicted molar refractivity (Wildman–Crippen MR) is 70.1 cm³/mol. The molecule has 0 radical (unpaired) electrons. The average molecular weight is 226 g/mol. The number of thiocarbonyl (C=S) groups is 1. The largest absolute Gasteiger partial charge is 0.359 e. The summed E-state index contributed by atoms with van der Waals surface area (Å²) in [5, 5.41) is 4.10. The topological polar surface area (TPSA) is 15.3 Å². The van der Waals surface area contributed by atoms with Crippen LogP contribution in [-0.4, -0.2) is 29.6 Å². The zero-order valence-corrected chi connectivity index (χ0v) is 10.7. The number of hydrogen-bond acceptors (Lipinski definition) is 1. The maximum atomic E-state index is 5.35. The molecule has 0 amide bonds. The van der Waals surface area contributed by atoms with E-state index in [-0.39, 0.29) is 0 Å². The third-order valence-corrected chi connectivity index (χ3v) is 3.42. The summed E-state index contributed by atoms with van der Waals surface area (Å²) in [6.45, 7) is 6.66. The molecule has 0 aliphatic heterocycles. The summed E-state index contributed by atoms with van der Waals surface area (Å²) < 4.78 is 0. The van der Waals surface area contributed by atoms with Crippen molar-refractivity contribution < 1.29 is 0 Å². The highest BCUT2D eigenvalue weighted by Crippen LogP contribution is 2.21. The molecular formula is C12H22N2S. The third-order valence-electron chi connectivity index (χ3n) is 2.98. The van der Waals surface area contributed by atoms with Gasteiger partial charge in [-0.1, -0.05) is 31.4 Å². The van der Waals surface area contributed by atoms with Crippen molar-refractivity contribution in [1.29, 1.82) is 0 Å². The van der Waals surface area contributed by atoms with Crippen molar-refractivity contribution in [1.82, 2.24) is 10.2 Å². The monoisotopic (exact) mass is 226 g/mol. The summed E-state index contributed by atoms with van der Waals surface area (Å²) in [4.78, 5) is 2.22. The summed E-state index contributed by atoms with van der Waals surface area (Å²) in [5.41, 5.74) is 1.12. The van der Waals surface area contributed by atoms with Gasteiger partial charge in [0.05, 0.1) is 0 Å². The number of nitrogens with one attached hydrogen (secondary N) is 1. The average Bonchev–Trinajstić information content (AvgIpc) is 2.26. The van der Waals surface area contributed by atoms with Gasteiger partial charge in [-0.3, -0.25) is 0 Å². The molecule has 3 heteroatoms. The van der Waals surface area contributed by atoms with E-state index < -0.39 is 0 Å². The first-order valence-electron chi connectivity index (χ1n) is 5.76. The van der Waals surface area contributed by atoms with Crippen LogP contribution in [0.3, 0.4) is 0 Å². The van der Waals surface area contributed by atoms with Crippen LogP contribution < -0.4 is 5.32 Å². The summed E-state index contributed by atoms with van der Waals surface area (Å²) in [6.07, 6.45) is 6.64. The van der Waals surface area contributed by atoms with Crippen molar-refractivity contribution in [3.05, 3.63) is 12.2 Å². The minimum absolute atomic E-state index is 0.642. The molecule has 0 aromatic rings. The maximum absolute atomic E-state index is 5.35. The van der Waals surface area contributed by atoms with Gasteiger partial charge in [0.2, 0.25) is 0 Å². The van der Waals surface area contributed by atoms with E-state index in [1.807, 2.05) is 6.92 Å². The van der Waals surface area contributed by atoms with Crippen molar-refractivity contribution >= 4 is 17.3 Å². The van der Waals surface area contributed by atoms with Crippen LogP contribution in [-0.2, 0) is 0 Å². The molecule has 2 nitrogen and oxygen atoms in total. The first-order valence-corrected chi connectivity index (χ1v) is 6.17. The molecule has 0 heterocycles. The molecule has 1 aliphatic rings. The standard InChI is InChI=1S/C12H22N2S/c1-10(2)9-13-12(15)14(3)11-7-5-4-6-8-11/h11H,1,4-9H2,2-3H3,(H,13,15). The molecule has 1 saturated carbocycles. The SMILES string of the molecule is C=C(C)CNC(=S)N(C)C1CCCCC1. The highest BCUT2D eigenvalue weighted by Gasteiger charge is 2.19. The van der Waals surface area contributed by atoms with Crippen LogP contribution in [0, 0.1) is 0 Å². The minimum Gasteiger partial charge on any atom is -0.359 e. The second-order valence-corrected chi connectivity index (χ2v) is 4.91. The summed E-state index contributed by atoms with van der Waals surface area (Å²) in [7, 11) is 2.10. The molecule has 0 aromatic heterocycles. The van der Waals surface area contributed by atoms with Crippen molar-refractivity contribution in [2.24, 2.45) is 0 Å². The molecular weight excluding hydrogens is 204 g/mol. The molecule has 1 rings (SSSR count). The lowest BCUT2D eigenvalue weighted by atomic mass is 9.95. The van der Waals surface area contributed by atoms with Crippen LogP contribution in [0.1, 0.15) is 39.0 Å². The second kappa shape index (κ2) is 6.11. The highest BCUT2D eigenvalue weighted by atomic mass is 32.1. The lowest BCUT2D eigenvalue weighted by molar-refractivity contribution is 0.276. The smallest absolute Gasteiger partial charge is 0.169 e. The van der Waals surface area contributed by atoms with Crippen molar-refractivity contribution in [3.63, 3.8) is 0 Å². The van der Waals surface area contributed by atoms with Gasteiger partial charge < -0.3 is 10.2 Å². The normalized spacial score (nSPS) is 17.2. The van der Waals surface area contributed by atoms with E-state index in [0.29, 0.717) is 6.04 Å². The zero-order valence-electron chi connectivity index (χ0n) is 9.88. The van der Waals surface area contributed by atoms with Gasteiger partial charge in [-0.05, 0) is 32.0 Å². The van der Waals surface area contributed by atoms with Gasteiger partial charge in [0.25, 0.3) is 0 Å². The second-order valence-electron chi connectivity index (χ2n) is 4.52. The fourth-order valence-corrected chi connectivity index (χ4v) is 2.21. The maximum Gasteiger partial charge on any atom is 0.169 e. The molecule has 86 valence electrons. The summed E-state index contributed by atoms with van der Waals surface area (Å²) in [6, 6.07) is 0.642. The van der Waals surface area contributed by atoms with Gasteiger partial charge in [0, 0.05) is 19.6 Å². The fraction of sp³-hybridized carbons (Fsp3) is 0.750. The zero-order chi connectivity index (χ0) is 11.3. The van der Waals surface area contributed by atoms with E-state index >= 15 is 0 Å². The first kappa shape index (κ1) is 12.5. The van der Waals surface area contributed by atoms with Crippen LogP contribution in [0.2, 0.25) is 0 Å². The van der Waals surface area contributed by atoms with Gasteiger partial charge in [0.15, 0.2) is 5.11 Å². The summed E-state index contributed by atoms with van der Waals surface area (Å²) in [5.74, 6) is 0. The van der Waals surface area contributed by atoms with Crippen LogP contribution >= 0.6 is 12.2 Å². The number of nitrogens with zero attached hydrogens (tertiary/aromatic N) is 1. The van der Waals surface area contributed by atoms with Gasteiger partial charge in [0.1, 0.15) is 0 Å². The van der Waals surface area contributed by atoms with E-state index in [1.54, 1.807) is 0 Å². The van der Waals surface area contributed by atoms with E-state index in [1.165, 1.54) is 32.1 Å². The van der Waals surface area contributed by atoms with Crippen LogP contribution in [0.15, 0.2) is 12.2 Å². The fourth-order valence-electron chi connectivity index (χ4n) is 1.99. The lowest BCUT2D eigenvalue weighted by Gasteiger charge is -2.33. The molecule has 1 aliphatic carbocycles. The Bertz CT molecular complexity index is 232. The Kier molecular flexibility index (Phi) is 5.09. The Morgan fingerprint density at radius 3 is 2.53 bits per heavy atom. The van der Waals surface area contributed by atoms with E-state index in [9.17, 15) is 0 Å². The summed E-state index contributed by atoms with van der Waals surface area (Å²) >= 11 is 5.35. The van der Waals surface area contributed by atoms with Crippen molar-refractivity contribution in [2.45, 2.75) is 45.1 Å². The molecule has 1 N–H and O–H groups in total. The molecule has 0 aromatic carbocycles. The Morgan fingerprint density at radius 1 is 1.40 bits per heavy atom. The van der Waals surface area contributed by atoms with Crippen LogP contribution in [0.4, 0.5) is 0 Å². The van der Waals surface area contributed by atoms with Gasteiger partial charge in [-0.25, -0.2) is 0 Å². The number of rotatable bonds is 3. The Balaban J connectivity index is 2.33. The Labute approximate surface area is 98.7 Å². The highest BCUT2D eigenvalue weighted by molar-refractivity contribution is 7.80. The minimum atomic E-state index is 0.642. The van der Waals surface area contributed by atoms with Gasteiger partial charge >= 0.3 is 0 Å². The molecule has 0 spiro atoms. The molecule has 0 bridgehead atoms. The molecule has 0 atom stereocenters. The van der Waals surface area contributed by atoms with Gasteiger partial charge in [-0.2, -0.15) is 0 Å². The molecule has 1 fully saturated rings. The number of hydrogen-bond donors (Lipinski definition) is 1. The van der Waals surface area contributed by atoms with Crippen molar-refractivity contribution in [2.75, 3.05) is 13.6 Å². The Morgan fingerprint density at radius 2 is 2.00 bits per heavy atom. The predicted octanol–water partition coefficient (Wildman–Crippen LogP) is 2.70. The van der Waals surface area contributed by atoms with E-state index in [4.69, 9.17) is 12.2 Å². The first-order chi connectivity index (χ1) is 7.11. The van der Waals surface area contributed by atoms with E-state index in [2.05, 4.69) is 23.8 Å². The third kappa shape index (κ3) is 4.20. The molecule has 0 saturated heterocycles. The van der Waals surface area contributed by atoms with Crippen molar-refractivity contribution in [3.8, 4) is 0 Å².